The van der Waals surface area contributed by atoms with E-state index in [9.17, 15) is 19.7 Å². The highest BCUT2D eigenvalue weighted by atomic mass is 16.6. The number of anilines is 1. The van der Waals surface area contributed by atoms with Gasteiger partial charge in [0.1, 0.15) is 5.75 Å². The van der Waals surface area contributed by atoms with E-state index in [1.165, 1.54) is 32.2 Å². The number of nitro groups is 1. The van der Waals surface area contributed by atoms with E-state index in [-0.39, 0.29) is 23.5 Å². The molecular formula is C22H20N2O6. The van der Waals surface area contributed by atoms with E-state index < -0.39 is 22.9 Å². The van der Waals surface area contributed by atoms with Gasteiger partial charge < -0.3 is 14.8 Å². The summed E-state index contributed by atoms with van der Waals surface area (Å²) in [6, 6.07) is 17.3. The van der Waals surface area contributed by atoms with Crippen LogP contribution in [0.25, 0.3) is 10.8 Å². The maximum Gasteiger partial charge on any atom is 0.311 e. The van der Waals surface area contributed by atoms with E-state index in [1.807, 2.05) is 42.5 Å². The molecule has 0 unspecified atom stereocenters. The lowest BCUT2D eigenvalue weighted by Gasteiger charge is -2.15. The molecule has 3 aromatic carbocycles. The molecule has 30 heavy (non-hydrogen) atoms. The van der Waals surface area contributed by atoms with Gasteiger partial charge in [-0.2, -0.15) is 0 Å². The Labute approximate surface area is 172 Å². The fraction of sp³-hybridized carbons (Fsp3) is 0.182. The average molecular weight is 408 g/mol. The van der Waals surface area contributed by atoms with Crippen LogP contribution in [0.1, 0.15) is 12.5 Å². The molecule has 0 aliphatic carbocycles. The second kappa shape index (κ2) is 9.04. The van der Waals surface area contributed by atoms with E-state index in [1.54, 1.807) is 0 Å². The van der Waals surface area contributed by atoms with E-state index >= 15 is 0 Å². The third-order valence-corrected chi connectivity index (χ3v) is 4.49. The maximum absolute atomic E-state index is 12.4. The number of benzene rings is 3. The Morgan fingerprint density at radius 1 is 1.07 bits per heavy atom. The third kappa shape index (κ3) is 4.91. The average Bonchev–Trinajstić information content (AvgIpc) is 2.73. The molecule has 1 N–H and O–H groups in total. The Morgan fingerprint density at radius 2 is 1.80 bits per heavy atom. The van der Waals surface area contributed by atoms with Crippen LogP contribution in [0.5, 0.6) is 5.75 Å². The van der Waals surface area contributed by atoms with Gasteiger partial charge in [-0.05, 0) is 29.3 Å². The Bertz CT molecular complexity index is 1110. The second-order valence-corrected chi connectivity index (χ2v) is 6.62. The predicted molar refractivity (Wildman–Crippen MR) is 111 cm³/mol. The number of hydrogen-bond donors (Lipinski definition) is 1. The summed E-state index contributed by atoms with van der Waals surface area (Å²) in [6.07, 6.45) is -1.08. The first-order valence-electron chi connectivity index (χ1n) is 9.18. The zero-order valence-electron chi connectivity index (χ0n) is 16.5. The summed E-state index contributed by atoms with van der Waals surface area (Å²) in [7, 11) is 1.38. The quantitative estimate of drug-likeness (QED) is 0.361. The van der Waals surface area contributed by atoms with Gasteiger partial charge in [0.15, 0.2) is 6.10 Å². The molecule has 3 aromatic rings. The van der Waals surface area contributed by atoms with E-state index in [4.69, 9.17) is 9.47 Å². The Kier molecular flexibility index (Phi) is 6.26. The molecule has 1 atom stereocenters. The molecule has 8 nitrogen and oxygen atoms in total. The Balaban J connectivity index is 1.64. The Hall–Kier alpha value is -3.94. The van der Waals surface area contributed by atoms with E-state index in [0.29, 0.717) is 0 Å². The molecule has 154 valence electrons. The van der Waals surface area contributed by atoms with Gasteiger partial charge in [-0.25, -0.2) is 0 Å². The van der Waals surface area contributed by atoms with Crippen molar-refractivity contribution in [2.24, 2.45) is 0 Å². The number of esters is 1. The molecule has 0 bridgehead atoms. The first-order chi connectivity index (χ1) is 14.4. The van der Waals surface area contributed by atoms with Crippen LogP contribution in [0.15, 0.2) is 60.7 Å². The first kappa shape index (κ1) is 20.8. The minimum Gasteiger partial charge on any atom is -0.495 e. The highest BCUT2D eigenvalue weighted by Gasteiger charge is 2.21. The lowest BCUT2D eigenvalue weighted by atomic mass is 10.1. The smallest absolute Gasteiger partial charge is 0.311 e. The number of fused-ring (bicyclic) bond motifs is 1. The van der Waals surface area contributed by atoms with Gasteiger partial charge in [0.05, 0.1) is 24.1 Å². The van der Waals surface area contributed by atoms with Gasteiger partial charge in [0, 0.05) is 12.1 Å². The minimum atomic E-state index is -1.10. The topological polar surface area (TPSA) is 108 Å². The molecule has 0 heterocycles. The molecule has 8 heteroatoms. The van der Waals surface area contributed by atoms with Crippen LogP contribution in [0.2, 0.25) is 0 Å². The zero-order valence-corrected chi connectivity index (χ0v) is 16.5. The van der Waals surface area contributed by atoms with Crippen molar-refractivity contribution in [2.45, 2.75) is 19.4 Å². The SMILES string of the molecule is COc1ccc([N+](=O)[O-])cc1NC(=O)[C@@H](C)OC(=O)Cc1ccc2ccccc2c1. The number of nitro benzene ring substituents is 1. The number of carbonyl (C=O) groups excluding carboxylic acids is 2. The highest BCUT2D eigenvalue weighted by molar-refractivity contribution is 5.96. The number of amides is 1. The van der Waals surface area contributed by atoms with Gasteiger partial charge >= 0.3 is 5.97 Å². The Morgan fingerprint density at radius 3 is 2.50 bits per heavy atom. The molecule has 0 aromatic heterocycles. The number of rotatable bonds is 7. The number of methoxy groups -OCH3 is 1. The molecule has 0 aliphatic rings. The van der Waals surface area contributed by atoms with Crippen LogP contribution in [0.4, 0.5) is 11.4 Å². The number of non-ortho nitro benzene ring substituents is 1. The van der Waals surface area contributed by atoms with Crippen molar-refractivity contribution in [1.29, 1.82) is 0 Å². The first-order valence-corrected chi connectivity index (χ1v) is 9.18. The van der Waals surface area contributed by atoms with Crippen LogP contribution >= 0.6 is 0 Å². The molecule has 0 fully saturated rings. The molecule has 0 radical (unpaired) electrons. The van der Waals surface area contributed by atoms with Crippen LogP contribution in [-0.4, -0.2) is 30.0 Å². The van der Waals surface area contributed by atoms with Gasteiger partial charge in [0.2, 0.25) is 0 Å². The summed E-state index contributed by atoms with van der Waals surface area (Å²) in [5.41, 5.74) is 0.688. The summed E-state index contributed by atoms with van der Waals surface area (Å²) >= 11 is 0. The minimum absolute atomic E-state index is 0.0165. The summed E-state index contributed by atoms with van der Waals surface area (Å²) in [5, 5.41) is 15.5. The second-order valence-electron chi connectivity index (χ2n) is 6.62. The number of ether oxygens (including phenoxy) is 2. The monoisotopic (exact) mass is 408 g/mol. The normalized spacial score (nSPS) is 11.5. The van der Waals surface area contributed by atoms with Gasteiger partial charge in [0.25, 0.3) is 11.6 Å². The summed E-state index contributed by atoms with van der Waals surface area (Å²) in [6.45, 7) is 1.43. The molecule has 0 saturated heterocycles. The third-order valence-electron chi connectivity index (χ3n) is 4.49. The lowest BCUT2D eigenvalue weighted by Crippen LogP contribution is -2.30. The van der Waals surface area contributed by atoms with Gasteiger partial charge in [-0.3, -0.25) is 19.7 Å². The van der Waals surface area contributed by atoms with Crippen LogP contribution < -0.4 is 10.1 Å². The number of hydrogen-bond acceptors (Lipinski definition) is 6. The van der Waals surface area contributed by atoms with Gasteiger partial charge in [-0.15, -0.1) is 0 Å². The molecule has 0 spiro atoms. The standard InChI is InChI=1S/C22H20N2O6/c1-14(22(26)23-19-13-18(24(27)28)9-10-20(19)29-2)30-21(25)12-15-7-8-16-5-3-4-6-17(16)11-15/h3-11,13-14H,12H2,1-2H3,(H,23,26)/t14-/m1/s1. The van der Waals surface area contributed by atoms with Crippen molar-refractivity contribution in [3.05, 3.63) is 76.3 Å². The van der Waals surface area contributed by atoms with Crippen molar-refractivity contribution in [3.63, 3.8) is 0 Å². The number of nitrogens with zero attached hydrogens (tertiary/aromatic N) is 1. The fourth-order valence-electron chi connectivity index (χ4n) is 2.95. The van der Waals surface area contributed by atoms with Crippen molar-refractivity contribution in [3.8, 4) is 5.75 Å². The predicted octanol–water partition coefficient (Wildman–Crippen LogP) is 3.87. The number of carbonyl (C=O) groups is 2. The molecule has 3 rings (SSSR count). The molecule has 0 saturated carbocycles. The fourth-order valence-corrected chi connectivity index (χ4v) is 2.95. The maximum atomic E-state index is 12.4. The number of nitrogens with one attached hydrogen (secondary N) is 1. The molecule has 0 aliphatic heterocycles. The molecular weight excluding hydrogens is 388 g/mol. The lowest BCUT2D eigenvalue weighted by molar-refractivity contribution is -0.384. The van der Waals surface area contributed by atoms with Gasteiger partial charge in [-0.1, -0.05) is 42.5 Å². The highest BCUT2D eigenvalue weighted by Crippen LogP contribution is 2.29. The van der Waals surface area contributed by atoms with Crippen molar-refractivity contribution in [2.75, 3.05) is 12.4 Å². The van der Waals surface area contributed by atoms with Crippen LogP contribution in [0.3, 0.4) is 0 Å². The van der Waals surface area contributed by atoms with E-state index in [0.717, 1.165) is 16.3 Å². The summed E-state index contributed by atoms with van der Waals surface area (Å²) < 4.78 is 10.3. The zero-order chi connectivity index (χ0) is 21.7. The van der Waals surface area contributed by atoms with Crippen LogP contribution in [-0.2, 0) is 20.7 Å². The summed E-state index contributed by atoms with van der Waals surface area (Å²) in [5.74, 6) is -0.928. The van der Waals surface area contributed by atoms with Crippen molar-refractivity contribution < 1.29 is 24.0 Å². The van der Waals surface area contributed by atoms with Crippen molar-refractivity contribution >= 4 is 34.0 Å². The van der Waals surface area contributed by atoms with Crippen LogP contribution in [0, 0.1) is 10.1 Å². The van der Waals surface area contributed by atoms with Crippen molar-refractivity contribution in [1.82, 2.24) is 0 Å². The summed E-state index contributed by atoms with van der Waals surface area (Å²) in [4.78, 5) is 35.1. The largest absolute Gasteiger partial charge is 0.495 e. The molecule has 1 amide bonds. The van der Waals surface area contributed by atoms with E-state index in [2.05, 4.69) is 5.32 Å².